The summed E-state index contributed by atoms with van der Waals surface area (Å²) in [5, 5.41) is 3.64. The van der Waals surface area contributed by atoms with Crippen LogP contribution in [0.4, 0.5) is 5.69 Å². The van der Waals surface area contributed by atoms with Gasteiger partial charge in [-0.1, -0.05) is 29.8 Å². The van der Waals surface area contributed by atoms with Crippen molar-refractivity contribution in [1.29, 1.82) is 0 Å². The minimum atomic E-state index is -0.257. The van der Waals surface area contributed by atoms with Crippen molar-refractivity contribution < 1.29 is 19.1 Å². The van der Waals surface area contributed by atoms with Crippen LogP contribution in [0.2, 0.25) is 5.02 Å². The Labute approximate surface area is 210 Å². The molecular weight excluding hydrogens is 466 g/mol. The standard InChI is InChI=1S/C27H30ClN3O4/c1-34-21-9-7-20(8-10-21)30-12-14-31(15-13-30)27(33)19-6-11-24-23(16-19)29-26(32)25(35-24)17-18-4-2-3-5-22(18)28/h2-5,7-10,17,19,23-24H,6,11-16H2,1H3,(H,29,32)/b25-17-. The van der Waals surface area contributed by atoms with E-state index in [9.17, 15) is 9.59 Å². The maximum atomic E-state index is 13.3. The maximum absolute atomic E-state index is 13.3. The topological polar surface area (TPSA) is 71.1 Å². The van der Waals surface area contributed by atoms with Gasteiger partial charge in [0.25, 0.3) is 5.91 Å². The van der Waals surface area contributed by atoms with Gasteiger partial charge in [0.1, 0.15) is 11.9 Å². The molecule has 0 bridgehead atoms. The number of nitrogens with one attached hydrogen (secondary N) is 1. The van der Waals surface area contributed by atoms with Gasteiger partial charge in [-0.25, -0.2) is 0 Å². The Morgan fingerprint density at radius 1 is 1.09 bits per heavy atom. The highest BCUT2D eigenvalue weighted by Crippen LogP contribution is 2.33. The van der Waals surface area contributed by atoms with Crippen LogP contribution in [0.25, 0.3) is 6.08 Å². The van der Waals surface area contributed by atoms with E-state index in [1.54, 1.807) is 19.3 Å². The third-order valence-electron chi connectivity index (χ3n) is 7.18. The Hall–Kier alpha value is -3.19. The number of benzene rings is 2. The van der Waals surface area contributed by atoms with Crippen LogP contribution >= 0.6 is 11.6 Å². The number of rotatable bonds is 4. The third-order valence-corrected chi connectivity index (χ3v) is 7.52. The lowest BCUT2D eigenvalue weighted by Crippen LogP contribution is -2.56. The second-order valence-electron chi connectivity index (χ2n) is 9.29. The van der Waals surface area contributed by atoms with Crippen LogP contribution in [0.5, 0.6) is 5.75 Å². The van der Waals surface area contributed by atoms with Crippen molar-refractivity contribution in [2.75, 3.05) is 38.2 Å². The predicted molar refractivity (Wildman–Crippen MR) is 135 cm³/mol. The number of anilines is 1. The number of fused-ring (bicyclic) bond motifs is 1. The van der Waals surface area contributed by atoms with Gasteiger partial charge in [0.2, 0.25) is 5.91 Å². The number of carbonyl (C=O) groups is 2. The molecule has 1 aliphatic carbocycles. The highest BCUT2D eigenvalue weighted by Gasteiger charge is 2.41. The SMILES string of the molecule is COc1ccc(N2CCN(C(=O)C3CCC4O/C(=C\c5ccccc5Cl)C(=O)NC4C3)CC2)cc1. The second-order valence-corrected chi connectivity index (χ2v) is 9.69. The summed E-state index contributed by atoms with van der Waals surface area (Å²) in [6.45, 7) is 2.99. The molecule has 1 saturated carbocycles. The minimum absolute atomic E-state index is 0.0956. The summed E-state index contributed by atoms with van der Waals surface area (Å²) < 4.78 is 11.3. The third kappa shape index (κ3) is 5.10. The lowest BCUT2D eigenvalue weighted by molar-refractivity contribution is -0.141. The number of methoxy groups -OCH3 is 1. The van der Waals surface area contributed by atoms with Gasteiger partial charge in [-0.05, 0) is 61.2 Å². The van der Waals surface area contributed by atoms with Gasteiger partial charge < -0.3 is 24.6 Å². The zero-order valence-electron chi connectivity index (χ0n) is 19.8. The highest BCUT2D eigenvalue weighted by atomic mass is 35.5. The van der Waals surface area contributed by atoms with Crippen molar-refractivity contribution in [2.24, 2.45) is 5.92 Å². The molecule has 2 amide bonds. The first-order chi connectivity index (χ1) is 17.0. The van der Waals surface area contributed by atoms with E-state index in [1.807, 2.05) is 35.2 Å². The molecular formula is C27H30ClN3O4. The van der Waals surface area contributed by atoms with Crippen molar-refractivity contribution in [3.8, 4) is 5.75 Å². The Bertz CT molecular complexity index is 1110. The van der Waals surface area contributed by atoms with Gasteiger partial charge in [0.15, 0.2) is 5.76 Å². The smallest absolute Gasteiger partial charge is 0.286 e. The van der Waals surface area contributed by atoms with E-state index in [0.717, 1.165) is 42.9 Å². The molecule has 3 aliphatic rings. The fourth-order valence-electron chi connectivity index (χ4n) is 5.19. The number of nitrogens with zero attached hydrogens (tertiary/aromatic N) is 2. The summed E-state index contributed by atoms with van der Waals surface area (Å²) in [6.07, 6.45) is 3.65. The Morgan fingerprint density at radius 2 is 1.83 bits per heavy atom. The van der Waals surface area contributed by atoms with Crippen molar-refractivity contribution >= 4 is 35.2 Å². The molecule has 2 saturated heterocycles. The molecule has 5 rings (SSSR count). The molecule has 3 atom stereocenters. The molecule has 0 radical (unpaired) electrons. The first kappa shape index (κ1) is 23.5. The van der Waals surface area contributed by atoms with Gasteiger partial charge in [-0.2, -0.15) is 0 Å². The summed E-state index contributed by atoms with van der Waals surface area (Å²) in [5.74, 6) is 0.945. The minimum Gasteiger partial charge on any atom is -0.497 e. The van der Waals surface area contributed by atoms with Crippen LogP contribution in [0.15, 0.2) is 54.3 Å². The molecule has 0 aromatic heterocycles. The first-order valence-electron chi connectivity index (χ1n) is 12.1. The fourth-order valence-corrected chi connectivity index (χ4v) is 5.38. The molecule has 3 unspecified atom stereocenters. The average molecular weight is 496 g/mol. The van der Waals surface area contributed by atoms with Crippen molar-refractivity contribution in [3.63, 3.8) is 0 Å². The maximum Gasteiger partial charge on any atom is 0.286 e. The normalized spacial score (nSPS) is 25.5. The van der Waals surface area contributed by atoms with Crippen molar-refractivity contribution in [2.45, 2.75) is 31.4 Å². The largest absolute Gasteiger partial charge is 0.497 e. The van der Waals surface area contributed by atoms with E-state index in [1.165, 1.54) is 0 Å². The summed E-state index contributed by atoms with van der Waals surface area (Å²) in [7, 11) is 1.66. The highest BCUT2D eigenvalue weighted by molar-refractivity contribution is 6.32. The molecule has 35 heavy (non-hydrogen) atoms. The molecule has 7 nitrogen and oxygen atoms in total. The number of halogens is 1. The van der Waals surface area contributed by atoms with Crippen LogP contribution in [0.1, 0.15) is 24.8 Å². The van der Waals surface area contributed by atoms with Crippen LogP contribution in [-0.2, 0) is 14.3 Å². The van der Waals surface area contributed by atoms with E-state index in [0.29, 0.717) is 24.5 Å². The monoisotopic (exact) mass is 495 g/mol. The summed E-state index contributed by atoms with van der Waals surface area (Å²) >= 11 is 6.23. The van der Waals surface area contributed by atoms with Crippen LogP contribution in [0, 0.1) is 5.92 Å². The van der Waals surface area contributed by atoms with Gasteiger partial charge in [-0.15, -0.1) is 0 Å². The zero-order valence-corrected chi connectivity index (χ0v) is 20.5. The predicted octanol–water partition coefficient (Wildman–Crippen LogP) is 3.72. The summed E-state index contributed by atoms with van der Waals surface area (Å²) in [5.41, 5.74) is 1.89. The number of hydrogen-bond acceptors (Lipinski definition) is 5. The van der Waals surface area contributed by atoms with Gasteiger partial charge in [0.05, 0.1) is 13.2 Å². The molecule has 2 heterocycles. The number of piperazine rings is 1. The molecule has 0 spiro atoms. The first-order valence-corrected chi connectivity index (χ1v) is 12.5. The lowest BCUT2D eigenvalue weighted by atomic mass is 9.82. The fraction of sp³-hybridized carbons (Fsp3) is 0.407. The molecule has 8 heteroatoms. The van der Waals surface area contributed by atoms with E-state index in [-0.39, 0.29) is 35.6 Å². The van der Waals surface area contributed by atoms with Gasteiger partial charge >= 0.3 is 0 Å². The number of morpholine rings is 1. The Morgan fingerprint density at radius 3 is 2.54 bits per heavy atom. The summed E-state index contributed by atoms with van der Waals surface area (Å²) in [6, 6.07) is 15.2. The Kier molecular flexibility index (Phi) is 6.86. The van der Waals surface area contributed by atoms with Gasteiger partial charge in [-0.3, -0.25) is 9.59 Å². The zero-order chi connectivity index (χ0) is 24.4. The molecule has 2 aliphatic heterocycles. The second kappa shape index (κ2) is 10.2. The molecule has 184 valence electrons. The van der Waals surface area contributed by atoms with E-state index >= 15 is 0 Å². The van der Waals surface area contributed by atoms with E-state index in [2.05, 4.69) is 22.3 Å². The van der Waals surface area contributed by atoms with Crippen LogP contribution < -0.4 is 15.0 Å². The number of carbonyl (C=O) groups excluding carboxylic acids is 2. The molecule has 2 aromatic carbocycles. The molecule has 2 aromatic rings. The van der Waals surface area contributed by atoms with E-state index in [4.69, 9.17) is 21.1 Å². The summed E-state index contributed by atoms with van der Waals surface area (Å²) in [4.78, 5) is 30.3. The average Bonchev–Trinajstić information content (AvgIpc) is 2.90. The lowest BCUT2D eigenvalue weighted by Gasteiger charge is -2.42. The van der Waals surface area contributed by atoms with Crippen LogP contribution in [-0.4, -0.2) is 62.1 Å². The number of ether oxygens (including phenoxy) is 2. The van der Waals surface area contributed by atoms with Crippen molar-refractivity contribution in [1.82, 2.24) is 10.2 Å². The Balaban J connectivity index is 1.16. The molecule has 3 fully saturated rings. The molecule has 1 N–H and O–H groups in total. The number of amides is 2. The van der Waals surface area contributed by atoms with Crippen LogP contribution in [0.3, 0.4) is 0 Å². The van der Waals surface area contributed by atoms with Crippen molar-refractivity contribution in [3.05, 3.63) is 64.9 Å². The quantitative estimate of drug-likeness (QED) is 0.654. The van der Waals surface area contributed by atoms with E-state index < -0.39 is 0 Å². The van der Waals surface area contributed by atoms with Gasteiger partial charge in [0, 0.05) is 42.8 Å². The number of hydrogen-bond donors (Lipinski definition) is 1.